The topological polar surface area (TPSA) is 46.3 Å². The third-order valence-corrected chi connectivity index (χ3v) is 3.05. The van der Waals surface area contributed by atoms with E-state index in [-0.39, 0.29) is 5.91 Å². The van der Waals surface area contributed by atoms with E-state index < -0.39 is 0 Å². The van der Waals surface area contributed by atoms with E-state index in [9.17, 15) is 4.79 Å². The maximum absolute atomic E-state index is 12.1. The summed E-state index contributed by atoms with van der Waals surface area (Å²) in [5.74, 6) is 0.631. The van der Waals surface area contributed by atoms with Crippen LogP contribution < -0.4 is 5.73 Å². The zero-order valence-electron chi connectivity index (χ0n) is 9.86. The molecule has 1 amide bonds. The van der Waals surface area contributed by atoms with E-state index >= 15 is 0 Å². The Bertz CT molecular complexity index is 388. The first-order chi connectivity index (χ1) is 7.60. The van der Waals surface area contributed by atoms with Gasteiger partial charge in [-0.2, -0.15) is 0 Å². The fourth-order valence-electron chi connectivity index (χ4n) is 2.17. The molecule has 1 aromatic carbocycles. The lowest BCUT2D eigenvalue weighted by molar-refractivity contribution is 0.0515. The highest BCUT2D eigenvalue weighted by atomic mass is 16.2. The highest BCUT2D eigenvalue weighted by molar-refractivity contribution is 5.95. The number of hydrogen-bond donors (Lipinski definition) is 1. The molecular formula is C13H18N2O. The van der Waals surface area contributed by atoms with E-state index in [1.54, 1.807) is 0 Å². The Morgan fingerprint density at radius 3 is 2.38 bits per heavy atom. The molecule has 86 valence electrons. The van der Waals surface area contributed by atoms with Crippen LogP contribution in [-0.2, 0) is 0 Å². The molecule has 0 radical (unpaired) electrons. The summed E-state index contributed by atoms with van der Waals surface area (Å²) < 4.78 is 0. The normalized spacial score (nSPS) is 16.1. The van der Waals surface area contributed by atoms with Gasteiger partial charge in [0.2, 0.25) is 0 Å². The maximum atomic E-state index is 12.1. The third-order valence-electron chi connectivity index (χ3n) is 3.05. The fraction of sp³-hybridized carbons (Fsp3) is 0.462. The number of nitrogens with zero attached hydrogens (tertiary/aromatic N) is 1. The van der Waals surface area contributed by atoms with Crippen LogP contribution in [0.2, 0.25) is 0 Å². The van der Waals surface area contributed by atoms with Crippen LogP contribution in [0.15, 0.2) is 18.2 Å². The molecule has 0 aromatic heterocycles. The fourth-order valence-corrected chi connectivity index (χ4v) is 2.17. The lowest BCUT2D eigenvalue weighted by atomic mass is 9.98. The van der Waals surface area contributed by atoms with Crippen molar-refractivity contribution in [1.29, 1.82) is 0 Å². The van der Waals surface area contributed by atoms with Gasteiger partial charge in [-0.15, -0.1) is 0 Å². The van der Waals surface area contributed by atoms with Crippen molar-refractivity contribution in [2.45, 2.75) is 13.8 Å². The molecule has 1 aliphatic rings. The van der Waals surface area contributed by atoms with Crippen molar-refractivity contribution < 1.29 is 4.79 Å². The van der Waals surface area contributed by atoms with Crippen molar-refractivity contribution in [3.05, 3.63) is 34.9 Å². The summed E-state index contributed by atoms with van der Waals surface area (Å²) in [6, 6.07) is 5.98. The molecule has 1 aliphatic heterocycles. The van der Waals surface area contributed by atoms with E-state index in [4.69, 9.17) is 5.73 Å². The van der Waals surface area contributed by atoms with Crippen LogP contribution in [0, 0.1) is 19.8 Å². The standard InChI is InChI=1S/C13H18N2O/c1-9-3-10(2)5-12(4-9)13(16)15-7-11(6-14)8-15/h3-5,11H,6-8,14H2,1-2H3. The van der Waals surface area contributed by atoms with Gasteiger partial charge in [-0.25, -0.2) is 0 Å². The molecule has 16 heavy (non-hydrogen) atoms. The number of benzene rings is 1. The number of carbonyl (C=O) groups is 1. The first-order valence-corrected chi connectivity index (χ1v) is 5.68. The van der Waals surface area contributed by atoms with Gasteiger partial charge in [0.15, 0.2) is 0 Å². The molecule has 1 heterocycles. The third kappa shape index (κ3) is 2.09. The number of amides is 1. The van der Waals surface area contributed by atoms with Gasteiger partial charge in [-0.1, -0.05) is 17.2 Å². The summed E-state index contributed by atoms with van der Waals surface area (Å²) in [6.07, 6.45) is 0. The molecule has 0 saturated carbocycles. The minimum absolute atomic E-state index is 0.136. The highest BCUT2D eigenvalue weighted by Gasteiger charge is 2.29. The molecule has 0 unspecified atom stereocenters. The van der Waals surface area contributed by atoms with Crippen LogP contribution in [0.5, 0.6) is 0 Å². The van der Waals surface area contributed by atoms with Gasteiger partial charge in [-0.05, 0) is 32.5 Å². The van der Waals surface area contributed by atoms with E-state index in [0.717, 1.165) is 29.8 Å². The Balaban J connectivity index is 2.10. The van der Waals surface area contributed by atoms with Gasteiger partial charge in [0, 0.05) is 24.6 Å². The minimum atomic E-state index is 0.136. The van der Waals surface area contributed by atoms with Crippen LogP contribution in [0.25, 0.3) is 0 Å². The number of carbonyl (C=O) groups excluding carboxylic acids is 1. The van der Waals surface area contributed by atoms with E-state index in [2.05, 4.69) is 6.07 Å². The first kappa shape index (κ1) is 11.1. The summed E-state index contributed by atoms with van der Waals surface area (Å²) in [7, 11) is 0. The van der Waals surface area contributed by atoms with Crippen LogP contribution in [0.1, 0.15) is 21.5 Å². The molecule has 2 rings (SSSR count). The molecule has 0 aliphatic carbocycles. The second-order valence-corrected chi connectivity index (χ2v) is 4.69. The summed E-state index contributed by atoms with van der Waals surface area (Å²) in [4.78, 5) is 13.9. The lowest BCUT2D eigenvalue weighted by Crippen LogP contribution is -2.52. The van der Waals surface area contributed by atoms with Crippen LogP contribution in [-0.4, -0.2) is 30.4 Å². The number of nitrogens with two attached hydrogens (primary N) is 1. The zero-order chi connectivity index (χ0) is 11.7. The monoisotopic (exact) mass is 218 g/mol. The molecule has 0 spiro atoms. The Kier molecular flexibility index (Phi) is 2.97. The molecule has 1 saturated heterocycles. The molecule has 0 bridgehead atoms. The van der Waals surface area contributed by atoms with Crippen LogP contribution >= 0.6 is 0 Å². The molecular weight excluding hydrogens is 200 g/mol. The van der Waals surface area contributed by atoms with Gasteiger partial charge >= 0.3 is 0 Å². The Hall–Kier alpha value is -1.35. The van der Waals surface area contributed by atoms with Gasteiger partial charge in [0.1, 0.15) is 0 Å². The number of hydrogen-bond acceptors (Lipinski definition) is 2. The highest BCUT2D eigenvalue weighted by Crippen LogP contribution is 2.19. The van der Waals surface area contributed by atoms with E-state index in [0.29, 0.717) is 12.5 Å². The van der Waals surface area contributed by atoms with Gasteiger partial charge in [0.05, 0.1) is 0 Å². The van der Waals surface area contributed by atoms with Crippen molar-refractivity contribution in [1.82, 2.24) is 4.90 Å². The van der Waals surface area contributed by atoms with Crippen molar-refractivity contribution >= 4 is 5.91 Å². The van der Waals surface area contributed by atoms with Gasteiger partial charge in [0.25, 0.3) is 5.91 Å². The van der Waals surface area contributed by atoms with Crippen LogP contribution in [0.3, 0.4) is 0 Å². The smallest absolute Gasteiger partial charge is 0.253 e. The zero-order valence-corrected chi connectivity index (χ0v) is 9.86. The molecule has 1 aromatic rings. The first-order valence-electron chi connectivity index (χ1n) is 5.68. The predicted octanol–water partition coefficient (Wildman–Crippen LogP) is 1.33. The van der Waals surface area contributed by atoms with Crippen molar-refractivity contribution in [3.63, 3.8) is 0 Å². The summed E-state index contributed by atoms with van der Waals surface area (Å²) in [5.41, 5.74) is 8.62. The Labute approximate surface area is 96.2 Å². The molecule has 0 atom stereocenters. The van der Waals surface area contributed by atoms with Gasteiger partial charge < -0.3 is 10.6 Å². The largest absolute Gasteiger partial charge is 0.338 e. The SMILES string of the molecule is Cc1cc(C)cc(C(=O)N2CC(CN)C2)c1. The van der Waals surface area contributed by atoms with Crippen molar-refractivity contribution in [2.75, 3.05) is 19.6 Å². The van der Waals surface area contributed by atoms with Gasteiger partial charge in [-0.3, -0.25) is 4.79 Å². The predicted molar refractivity (Wildman–Crippen MR) is 64.4 cm³/mol. The lowest BCUT2D eigenvalue weighted by Gasteiger charge is -2.38. The van der Waals surface area contributed by atoms with E-state index in [1.807, 2.05) is 30.9 Å². The van der Waals surface area contributed by atoms with Crippen molar-refractivity contribution in [3.8, 4) is 0 Å². The molecule has 1 fully saturated rings. The van der Waals surface area contributed by atoms with Crippen LogP contribution in [0.4, 0.5) is 0 Å². The van der Waals surface area contributed by atoms with Crippen molar-refractivity contribution in [2.24, 2.45) is 11.7 Å². The second kappa shape index (κ2) is 4.26. The number of aryl methyl sites for hydroxylation is 2. The average molecular weight is 218 g/mol. The average Bonchev–Trinajstić information content (AvgIpc) is 2.14. The summed E-state index contributed by atoms with van der Waals surface area (Å²) in [5, 5.41) is 0. The Morgan fingerprint density at radius 2 is 1.88 bits per heavy atom. The second-order valence-electron chi connectivity index (χ2n) is 4.69. The molecule has 3 heteroatoms. The number of rotatable bonds is 2. The minimum Gasteiger partial charge on any atom is -0.338 e. The number of likely N-dealkylation sites (tertiary alicyclic amines) is 1. The molecule has 2 N–H and O–H groups in total. The Morgan fingerprint density at radius 1 is 1.31 bits per heavy atom. The quantitative estimate of drug-likeness (QED) is 0.814. The molecule has 3 nitrogen and oxygen atoms in total. The summed E-state index contributed by atoms with van der Waals surface area (Å²) >= 11 is 0. The maximum Gasteiger partial charge on any atom is 0.253 e. The summed E-state index contributed by atoms with van der Waals surface area (Å²) in [6.45, 7) is 6.33. The van der Waals surface area contributed by atoms with E-state index in [1.165, 1.54) is 0 Å².